The van der Waals surface area contributed by atoms with E-state index in [0.29, 0.717) is 35.2 Å². The molecule has 2 atom stereocenters. The van der Waals surface area contributed by atoms with Crippen LogP contribution in [0.4, 0.5) is 5.69 Å². The number of nitrogens with zero attached hydrogens (tertiary/aromatic N) is 1. The Morgan fingerprint density at radius 1 is 0.900 bits per heavy atom. The smallest absolute Gasteiger partial charge is 0.231 e. The quantitative estimate of drug-likeness (QED) is 0.759. The topological polar surface area (TPSA) is 75.6 Å². The molecule has 0 amide bonds. The van der Waals surface area contributed by atoms with E-state index in [1.165, 1.54) is 0 Å². The number of carbonyl (C=O) groups excluding carboxylic acids is 1. The normalized spacial score (nSPS) is 21.4. The van der Waals surface area contributed by atoms with Crippen LogP contribution in [0, 0.1) is 5.92 Å². The van der Waals surface area contributed by atoms with Gasteiger partial charge in [-0.15, -0.1) is 0 Å². The van der Waals surface area contributed by atoms with Gasteiger partial charge in [0.25, 0.3) is 0 Å². The Morgan fingerprint density at radius 2 is 1.60 bits per heavy atom. The maximum absolute atomic E-state index is 13.1. The number of aliphatic imine (C=N–C) groups is 1. The molecular formula is C23H23NO6. The van der Waals surface area contributed by atoms with Crippen molar-refractivity contribution >= 4 is 17.2 Å². The molecule has 1 fully saturated rings. The number of carbonyl (C=O) groups is 1. The van der Waals surface area contributed by atoms with Gasteiger partial charge in [0.2, 0.25) is 12.5 Å². The van der Waals surface area contributed by atoms with Gasteiger partial charge in [0.1, 0.15) is 5.78 Å². The third kappa shape index (κ3) is 2.80. The molecule has 3 aliphatic rings. The fourth-order valence-corrected chi connectivity index (χ4v) is 4.72. The fraction of sp³-hybridized carbons (Fsp3) is 0.391. The van der Waals surface area contributed by atoms with Crippen LogP contribution >= 0.6 is 0 Å². The Hall–Kier alpha value is -3.22. The first-order chi connectivity index (χ1) is 14.6. The number of benzene rings is 2. The summed E-state index contributed by atoms with van der Waals surface area (Å²) in [6.45, 7) is 0.187. The second-order valence-corrected chi connectivity index (χ2v) is 7.60. The van der Waals surface area contributed by atoms with E-state index in [9.17, 15) is 4.79 Å². The lowest BCUT2D eigenvalue weighted by atomic mass is 9.69. The molecule has 5 rings (SSSR count). The van der Waals surface area contributed by atoms with Crippen molar-refractivity contribution in [3.05, 3.63) is 35.4 Å². The molecule has 2 aromatic carbocycles. The summed E-state index contributed by atoms with van der Waals surface area (Å²) in [4.78, 5) is 17.9. The highest BCUT2D eigenvalue weighted by molar-refractivity contribution is 6.10. The molecule has 0 aromatic heterocycles. The second-order valence-electron chi connectivity index (χ2n) is 7.60. The van der Waals surface area contributed by atoms with Crippen molar-refractivity contribution in [3.8, 4) is 28.7 Å². The number of hydrogen-bond acceptors (Lipinski definition) is 7. The molecular weight excluding hydrogens is 386 g/mol. The summed E-state index contributed by atoms with van der Waals surface area (Å²) in [5, 5.41) is 0. The Balaban J connectivity index is 1.74. The largest absolute Gasteiger partial charge is 0.493 e. The Kier molecular flexibility index (Phi) is 4.53. The maximum atomic E-state index is 13.1. The maximum Gasteiger partial charge on any atom is 0.231 e. The summed E-state index contributed by atoms with van der Waals surface area (Å²) in [6, 6.07) is 7.70. The molecule has 2 aliphatic heterocycles. The molecule has 0 spiro atoms. The Labute approximate surface area is 174 Å². The molecule has 156 valence electrons. The SMILES string of the molecule is COc1cc(C2c3cc4c(cc3N=C3CCCC(=O)C32)OCO4)cc(OC)c1OC. The van der Waals surface area contributed by atoms with Crippen LogP contribution in [0.3, 0.4) is 0 Å². The Bertz CT molecular complexity index is 1030. The van der Waals surface area contributed by atoms with Gasteiger partial charge in [0.15, 0.2) is 23.0 Å². The van der Waals surface area contributed by atoms with Crippen LogP contribution in [0.15, 0.2) is 29.3 Å². The van der Waals surface area contributed by atoms with E-state index in [1.54, 1.807) is 21.3 Å². The summed E-state index contributed by atoms with van der Waals surface area (Å²) in [7, 11) is 4.76. The van der Waals surface area contributed by atoms with Crippen molar-refractivity contribution in [3.63, 3.8) is 0 Å². The van der Waals surface area contributed by atoms with Crippen LogP contribution < -0.4 is 23.7 Å². The van der Waals surface area contributed by atoms with E-state index in [2.05, 4.69) is 0 Å². The molecule has 0 N–H and O–H groups in total. The standard InChI is InChI=1S/C23H23NO6/c1-26-19-7-12(8-20(27-2)23(19)28-3)21-13-9-17-18(30-11-29-17)10-15(13)24-14-5-4-6-16(25)22(14)21/h7-10,21-22H,4-6,11H2,1-3H3. The van der Waals surface area contributed by atoms with Crippen LogP contribution in [0.1, 0.15) is 36.3 Å². The van der Waals surface area contributed by atoms with E-state index >= 15 is 0 Å². The molecule has 30 heavy (non-hydrogen) atoms. The molecule has 1 aliphatic carbocycles. The molecule has 2 aromatic rings. The zero-order valence-electron chi connectivity index (χ0n) is 17.2. The molecule has 2 unspecified atom stereocenters. The third-order valence-electron chi connectivity index (χ3n) is 6.06. The van der Waals surface area contributed by atoms with Crippen LogP contribution in [0.2, 0.25) is 0 Å². The molecule has 7 nitrogen and oxygen atoms in total. The number of ketones is 1. The number of hydrogen-bond donors (Lipinski definition) is 0. The highest BCUT2D eigenvalue weighted by Crippen LogP contribution is 2.52. The number of Topliss-reactive ketones (excluding diaryl/α,β-unsaturated/α-hetero) is 1. The van der Waals surface area contributed by atoms with Crippen molar-refractivity contribution in [1.29, 1.82) is 0 Å². The van der Waals surface area contributed by atoms with Gasteiger partial charge >= 0.3 is 0 Å². The van der Waals surface area contributed by atoms with Gasteiger partial charge in [-0.3, -0.25) is 9.79 Å². The van der Waals surface area contributed by atoms with Crippen molar-refractivity contribution in [2.45, 2.75) is 25.2 Å². The predicted molar refractivity (Wildman–Crippen MR) is 110 cm³/mol. The van der Waals surface area contributed by atoms with Crippen molar-refractivity contribution in [1.82, 2.24) is 0 Å². The summed E-state index contributed by atoms with van der Waals surface area (Å²) in [6.07, 6.45) is 2.20. The summed E-state index contributed by atoms with van der Waals surface area (Å²) < 4.78 is 27.8. The van der Waals surface area contributed by atoms with E-state index in [-0.39, 0.29) is 24.4 Å². The van der Waals surface area contributed by atoms with E-state index in [4.69, 9.17) is 28.7 Å². The van der Waals surface area contributed by atoms with Crippen molar-refractivity contribution in [2.24, 2.45) is 10.9 Å². The minimum absolute atomic E-state index is 0.187. The number of ether oxygens (including phenoxy) is 5. The molecule has 0 bridgehead atoms. The van der Waals surface area contributed by atoms with E-state index < -0.39 is 0 Å². The zero-order valence-corrected chi connectivity index (χ0v) is 17.2. The lowest BCUT2D eigenvalue weighted by molar-refractivity contribution is -0.121. The molecule has 2 heterocycles. The Morgan fingerprint density at radius 3 is 2.27 bits per heavy atom. The minimum Gasteiger partial charge on any atom is -0.493 e. The monoisotopic (exact) mass is 409 g/mol. The predicted octanol–water partition coefficient (Wildman–Crippen LogP) is 4.03. The summed E-state index contributed by atoms with van der Waals surface area (Å²) in [5.74, 6) is 2.67. The third-order valence-corrected chi connectivity index (χ3v) is 6.06. The lowest BCUT2D eigenvalue weighted by Crippen LogP contribution is -2.36. The second kappa shape index (κ2) is 7.23. The van der Waals surface area contributed by atoms with Crippen molar-refractivity contribution < 1.29 is 28.5 Å². The zero-order chi connectivity index (χ0) is 20.8. The highest BCUT2D eigenvalue weighted by Gasteiger charge is 2.42. The average Bonchev–Trinajstić information content (AvgIpc) is 3.22. The first kappa shape index (κ1) is 18.8. The van der Waals surface area contributed by atoms with Crippen LogP contribution in [-0.4, -0.2) is 39.6 Å². The van der Waals surface area contributed by atoms with Gasteiger partial charge in [0.05, 0.1) is 32.9 Å². The first-order valence-corrected chi connectivity index (χ1v) is 9.98. The molecule has 0 saturated heterocycles. The highest BCUT2D eigenvalue weighted by atomic mass is 16.7. The molecule has 7 heteroatoms. The number of rotatable bonds is 4. The van der Waals surface area contributed by atoms with E-state index in [1.807, 2.05) is 24.3 Å². The lowest BCUT2D eigenvalue weighted by Gasteiger charge is -2.35. The van der Waals surface area contributed by atoms with Gasteiger partial charge in [-0.2, -0.15) is 0 Å². The van der Waals surface area contributed by atoms with E-state index in [0.717, 1.165) is 35.4 Å². The van der Waals surface area contributed by atoms with Gasteiger partial charge in [-0.05, 0) is 42.2 Å². The first-order valence-electron chi connectivity index (χ1n) is 9.98. The van der Waals surface area contributed by atoms with Crippen LogP contribution in [-0.2, 0) is 4.79 Å². The minimum atomic E-state index is -0.311. The summed E-state index contributed by atoms with van der Waals surface area (Å²) >= 11 is 0. The van der Waals surface area contributed by atoms with Crippen LogP contribution in [0.5, 0.6) is 28.7 Å². The van der Waals surface area contributed by atoms with Gasteiger partial charge in [0, 0.05) is 24.1 Å². The van der Waals surface area contributed by atoms with Crippen molar-refractivity contribution in [2.75, 3.05) is 28.1 Å². The summed E-state index contributed by atoms with van der Waals surface area (Å²) in [5.41, 5.74) is 3.60. The number of fused-ring (bicyclic) bond motifs is 3. The van der Waals surface area contributed by atoms with Gasteiger partial charge in [-0.1, -0.05) is 0 Å². The van der Waals surface area contributed by atoms with Gasteiger partial charge < -0.3 is 23.7 Å². The average molecular weight is 409 g/mol. The van der Waals surface area contributed by atoms with Crippen LogP contribution in [0.25, 0.3) is 0 Å². The van der Waals surface area contributed by atoms with Gasteiger partial charge in [-0.25, -0.2) is 0 Å². The number of methoxy groups -OCH3 is 3. The fourth-order valence-electron chi connectivity index (χ4n) is 4.72. The molecule has 0 radical (unpaired) electrons. The molecule has 1 saturated carbocycles.